The maximum atomic E-state index is 10.5. The lowest BCUT2D eigenvalue weighted by atomic mass is 15.7. The lowest BCUT2D eigenvalue weighted by Crippen LogP contribution is -2.47. The van der Waals surface area contributed by atoms with Crippen LogP contribution in [0.15, 0.2) is 0 Å². The Balaban J connectivity index is 3.98. The van der Waals surface area contributed by atoms with E-state index in [0.29, 0.717) is 31.5 Å². The van der Waals surface area contributed by atoms with Gasteiger partial charge >= 0.3 is 17.2 Å². The monoisotopic (exact) mass is 214 g/mol. The van der Waals surface area contributed by atoms with Gasteiger partial charge in [0, 0.05) is 0 Å². The van der Waals surface area contributed by atoms with Crippen LogP contribution in [-0.4, -0.2) is 48.7 Å². The van der Waals surface area contributed by atoms with E-state index in [2.05, 4.69) is 0 Å². The summed E-state index contributed by atoms with van der Waals surface area (Å²) in [6.07, 6.45) is 0. The zero-order valence-corrected chi connectivity index (χ0v) is 13.9. The maximum absolute atomic E-state index is 10.5. The van der Waals surface area contributed by atoms with E-state index in [4.69, 9.17) is 12.3 Å². The molecule has 0 radical (unpaired) electrons. The molecule has 0 aliphatic heterocycles. The van der Waals surface area contributed by atoms with E-state index in [0.717, 1.165) is 0 Å². The van der Waals surface area contributed by atoms with Crippen LogP contribution in [0, 0.1) is 0 Å². The molecule has 0 aromatic heterocycles. The van der Waals surface area contributed by atoms with E-state index in [1.807, 2.05) is 0 Å². The highest BCUT2D eigenvalue weighted by molar-refractivity contribution is 7.11. The first-order valence-electron chi connectivity index (χ1n) is 2.36. The molecule has 54 valence electrons. The lowest BCUT2D eigenvalue weighted by Gasteiger charge is -2.19. The summed E-state index contributed by atoms with van der Waals surface area (Å²) in [6, 6.07) is 0. The fraction of sp³-hybridized carbons (Fsp3) is 0. The molecule has 0 bridgehead atoms. The molecule has 9 heavy (non-hydrogen) atoms. The molecule has 0 saturated carbocycles. The molecule has 4 nitrogen and oxygen atoms in total. The maximum Gasteiger partial charge on any atom is 0.505 e. The van der Waals surface area contributed by atoms with Crippen LogP contribution in [0.1, 0.15) is 0 Å². The Bertz CT molecular complexity index is 78.7. The second-order valence-electron chi connectivity index (χ2n) is 1.33. The minimum Gasteiger partial charge on any atom is -0.424 e. The molecule has 0 fully saturated rings. The van der Waals surface area contributed by atoms with Gasteiger partial charge in [0.05, 0.1) is 0 Å². The summed E-state index contributed by atoms with van der Waals surface area (Å²) in [7, 11) is -1.83. The van der Waals surface area contributed by atoms with Crippen molar-refractivity contribution in [1.82, 2.24) is 0 Å². The van der Waals surface area contributed by atoms with Crippen LogP contribution in [0.3, 0.4) is 0 Å². The van der Waals surface area contributed by atoms with Crippen molar-refractivity contribution in [2.24, 2.45) is 0 Å². The summed E-state index contributed by atoms with van der Waals surface area (Å²) in [5.41, 5.74) is 0. The molecular formula is H10O4Si5. The largest absolute Gasteiger partial charge is 0.505 e. The van der Waals surface area contributed by atoms with Gasteiger partial charge in [-0.05, 0) is 0 Å². The van der Waals surface area contributed by atoms with Gasteiger partial charge in [-0.2, -0.15) is 0 Å². The van der Waals surface area contributed by atoms with Crippen LogP contribution in [0.4, 0.5) is 0 Å². The van der Waals surface area contributed by atoms with Gasteiger partial charge < -0.3 is 16.8 Å². The molecule has 0 spiro atoms. The first kappa shape index (κ1) is 9.76. The second-order valence-corrected chi connectivity index (χ2v) is 10.5. The van der Waals surface area contributed by atoms with E-state index in [-0.39, 0.29) is 0 Å². The highest BCUT2D eigenvalue weighted by atomic mass is 29.2. The summed E-state index contributed by atoms with van der Waals surface area (Å²) in [4.78, 5) is 0. The third kappa shape index (κ3) is 2.46. The minimum atomic E-state index is -2.48. The van der Waals surface area contributed by atoms with Gasteiger partial charge in [0.1, 0.15) is 31.5 Å². The van der Waals surface area contributed by atoms with Crippen molar-refractivity contribution in [3.63, 3.8) is 0 Å². The van der Waals surface area contributed by atoms with Gasteiger partial charge in [-0.3, -0.25) is 0 Å². The quantitative estimate of drug-likeness (QED) is 0.440. The Hall–Kier alpha value is 0.764. The summed E-state index contributed by atoms with van der Waals surface area (Å²) in [5, 5.41) is 0. The van der Waals surface area contributed by atoms with Gasteiger partial charge in [-0.1, -0.05) is 0 Å². The predicted octanol–water partition coefficient (Wildman–Crippen LogP) is -4.90. The molecule has 0 atom stereocenters. The molecule has 0 amide bonds. The molecule has 0 unspecified atom stereocenters. The van der Waals surface area contributed by atoms with Crippen LogP contribution in [0.2, 0.25) is 0 Å². The van der Waals surface area contributed by atoms with Gasteiger partial charge in [-0.15, -0.1) is 0 Å². The van der Waals surface area contributed by atoms with E-state index < -0.39 is 17.2 Å². The molecule has 9 heteroatoms. The van der Waals surface area contributed by atoms with Gasteiger partial charge in [0.25, 0.3) is 0 Å². The molecular weight excluding hydrogens is 204 g/mol. The fourth-order valence-corrected chi connectivity index (χ4v) is 10.6. The molecule has 0 N–H and O–H groups in total. The molecule has 0 rings (SSSR count). The average Bonchev–Trinajstić information content (AvgIpc) is 1.95. The van der Waals surface area contributed by atoms with Crippen molar-refractivity contribution >= 4 is 48.7 Å². The van der Waals surface area contributed by atoms with Gasteiger partial charge in [-0.25, -0.2) is 0 Å². The number of rotatable bonds is 4. The van der Waals surface area contributed by atoms with Crippen molar-refractivity contribution in [2.45, 2.75) is 0 Å². The van der Waals surface area contributed by atoms with Crippen LogP contribution in [0.25, 0.3) is 0 Å². The van der Waals surface area contributed by atoms with Crippen LogP contribution in [-0.2, 0) is 16.8 Å². The third-order valence-electron chi connectivity index (χ3n) is 0.998. The first-order chi connectivity index (χ1) is 4.24. The molecule has 0 heterocycles. The van der Waals surface area contributed by atoms with E-state index >= 15 is 0 Å². The van der Waals surface area contributed by atoms with Crippen molar-refractivity contribution in [1.29, 1.82) is 0 Å². The van der Waals surface area contributed by atoms with Crippen molar-refractivity contribution in [3.05, 3.63) is 0 Å². The normalized spacial score (nSPS) is 17.8. The summed E-state index contributed by atoms with van der Waals surface area (Å²) in [5.74, 6) is 0. The molecule has 0 aromatic carbocycles. The van der Waals surface area contributed by atoms with Crippen molar-refractivity contribution in [3.8, 4) is 0 Å². The SMILES string of the molecule is O=[SiH][Si](O[SiH3])(O[SiH3])O[SiH3]. The first-order valence-corrected chi connectivity index (χ1v) is 8.82. The van der Waals surface area contributed by atoms with Crippen LogP contribution in [0.5, 0.6) is 0 Å². The predicted molar refractivity (Wildman–Crippen MR) is 46.7 cm³/mol. The summed E-state index contributed by atoms with van der Waals surface area (Å²) < 4.78 is 25.5. The molecule has 0 aromatic rings. The Morgan fingerprint density at radius 1 is 1.11 bits per heavy atom. The summed E-state index contributed by atoms with van der Waals surface area (Å²) in [6.45, 7) is 0. The Labute approximate surface area is 65.9 Å². The highest BCUT2D eigenvalue weighted by Gasteiger charge is 2.35. The molecule has 0 saturated heterocycles. The third-order valence-corrected chi connectivity index (χ3v) is 15.3. The fourth-order valence-electron chi connectivity index (χ4n) is 0.394. The second kappa shape index (κ2) is 4.56. The van der Waals surface area contributed by atoms with Gasteiger partial charge in [0.2, 0.25) is 0 Å². The topological polar surface area (TPSA) is 44.8 Å². The van der Waals surface area contributed by atoms with Crippen molar-refractivity contribution < 1.29 is 16.8 Å². The van der Waals surface area contributed by atoms with Crippen LogP contribution >= 0.6 is 0 Å². The Morgan fingerprint density at radius 3 is 1.44 bits per heavy atom. The van der Waals surface area contributed by atoms with E-state index in [1.54, 1.807) is 0 Å². The zero-order chi connectivity index (χ0) is 7.33. The van der Waals surface area contributed by atoms with Gasteiger partial charge in [0.15, 0.2) is 0 Å². The minimum absolute atomic E-state index is 0.552. The molecule has 0 aliphatic carbocycles. The smallest absolute Gasteiger partial charge is 0.424 e. The number of hydrogen-bond acceptors (Lipinski definition) is 4. The average molecular weight is 215 g/mol. The van der Waals surface area contributed by atoms with E-state index in [1.165, 1.54) is 0 Å². The van der Waals surface area contributed by atoms with E-state index in [9.17, 15) is 4.46 Å². The number of hydrogen-bond donors (Lipinski definition) is 0. The molecule has 0 aliphatic rings. The Morgan fingerprint density at radius 2 is 1.44 bits per heavy atom. The van der Waals surface area contributed by atoms with Crippen LogP contribution < -0.4 is 0 Å². The Kier molecular flexibility index (Phi) is 4.95. The zero-order valence-electron chi connectivity index (χ0n) is 5.71. The van der Waals surface area contributed by atoms with Crippen molar-refractivity contribution in [2.75, 3.05) is 0 Å². The summed E-state index contributed by atoms with van der Waals surface area (Å²) >= 11 is 0. The standard InChI is InChI=1S/H10O4Si5/c1-8-9(2-5,3-6)4-7/h8H,5-7H3. The lowest BCUT2D eigenvalue weighted by molar-refractivity contribution is 0.324. The highest BCUT2D eigenvalue weighted by Crippen LogP contribution is 1.97.